The molecule has 2 rings (SSSR count). The van der Waals surface area contributed by atoms with Gasteiger partial charge < -0.3 is 15.2 Å². The van der Waals surface area contributed by atoms with Crippen LogP contribution in [0.4, 0.5) is 5.69 Å². The van der Waals surface area contributed by atoms with E-state index in [1.807, 2.05) is 6.92 Å². The largest absolute Gasteiger partial charge is 0.337 e. The zero-order valence-electron chi connectivity index (χ0n) is 12.5. The second kappa shape index (κ2) is 6.26. The van der Waals surface area contributed by atoms with Crippen LogP contribution in [0.1, 0.15) is 43.1 Å². The highest BCUT2D eigenvalue weighted by molar-refractivity contribution is 5.93. The molecule has 1 amide bonds. The lowest BCUT2D eigenvalue weighted by Gasteiger charge is -2.33. The van der Waals surface area contributed by atoms with E-state index in [1.54, 1.807) is 16.5 Å². The Morgan fingerprint density at radius 1 is 1.48 bits per heavy atom. The molecule has 0 saturated heterocycles. The molecule has 116 valence electrons. The molecule has 7 heteroatoms. The monoisotopic (exact) mass is 294 g/mol. The summed E-state index contributed by atoms with van der Waals surface area (Å²) in [6.45, 7) is 2.39. The Labute approximate surface area is 123 Å². The summed E-state index contributed by atoms with van der Waals surface area (Å²) in [5.41, 5.74) is 6.22. The van der Waals surface area contributed by atoms with Gasteiger partial charge in [-0.2, -0.15) is 0 Å². The highest BCUT2D eigenvalue weighted by Crippen LogP contribution is 2.24. The SMILES string of the molecule is CCn1cc([N+](=O)[O-])cc1C(=O)N(C)C1CCC(N)CC1. The summed E-state index contributed by atoms with van der Waals surface area (Å²) < 4.78 is 1.63. The molecule has 0 aromatic carbocycles. The van der Waals surface area contributed by atoms with Crippen molar-refractivity contribution in [3.63, 3.8) is 0 Å². The van der Waals surface area contributed by atoms with Crippen molar-refractivity contribution in [1.82, 2.24) is 9.47 Å². The lowest BCUT2D eigenvalue weighted by Crippen LogP contribution is -2.42. The Bertz CT molecular complexity index is 532. The minimum Gasteiger partial charge on any atom is -0.337 e. The van der Waals surface area contributed by atoms with Crippen LogP contribution in [-0.2, 0) is 6.54 Å². The van der Waals surface area contributed by atoms with E-state index in [0.717, 1.165) is 25.7 Å². The second-order valence-corrected chi connectivity index (χ2v) is 5.61. The number of nitro groups is 1. The van der Waals surface area contributed by atoms with E-state index in [2.05, 4.69) is 0 Å². The fraction of sp³-hybridized carbons (Fsp3) is 0.643. The molecule has 1 heterocycles. The molecule has 0 aliphatic heterocycles. The van der Waals surface area contributed by atoms with E-state index in [0.29, 0.717) is 12.2 Å². The van der Waals surface area contributed by atoms with Crippen molar-refractivity contribution in [3.05, 3.63) is 28.1 Å². The number of amides is 1. The minimum atomic E-state index is -0.470. The van der Waals surface area contributed by atoms with E-state index in [-0.39, 0.29) is 23.7 Å². The first-order valence-corrected chi connectivity index (χ1v) is 7.31. The summed E-state index contributed by atoms with van der Waals surface area (Å²) in [4.78, 5) is 24.7. The molecule has 0 bridgehead atoms. The third-order valence-electron chi connectivity index (χ3n) is 4.26. The van der Waals surface area contributed by atoms with Crippen molar-refractivity contribution >= 4 is 11.6 Å². The van der Waals surface area contributed by atoms with Gasteiger partial charge in [0.05, 0.1) is 11.1 Å². The first kappa shape index (κ1) is 15.5. The number of hydrogen-bond donors (Lipinski definition) is 1. The first-order chi connectivity index (χ1) is 9.93. The molecule has 2 N–H and O–H groups in total. The van der Waals surface area contributed by atoms with Crippen LogP contribution in [-0.4, -0.2) is 39.4 Å². The molecule has 1 aromatic heterocycles. The van der Waals surface area contributed by atoms with Crippen molar-refractivity contribution in [2.24, 2.45) is 5.73 Å². The van der Waals surface area contributed by atoms with E-state index in [4.69, 9.17) is 5.73 Å². The van der Waals surface area contributed by atoms with Crippen LogP contribution in [0.25, 0.3) is 0 Å². The summed E-state index contributed by atoms with van der Waals surface area (Å²) in [5, 5.41) is 10.9. The zero-order valence-corrected chi connectivity index (χ0v) is 12.5. The normalized spacial score (nSPS) is 22.0. The quantitative estimate of drug-likeness (QED) is 0.676. The van der Waals surface area contributed by atoms with Gasteiger partial charge in [-0.05, 0) is 32.6 Å². The number of carbonyl (C=O) groups excluding carboxylic acids is 1. The summed E-state index contributed by atoms with van der Waals surface area (Å²) in [6.07, 6.45) is 5.02. The molecular weight excluding hydrogens is 272 g/mol. The molecule has 21 heavy (non-hydrogen) atoms. The maximum Gasteiger partial charge on any atom is 0.287 e. The molecule has 1 aromatic rings. The Morgan fingerprint density at radius 2 is 2.10 bits per heavy atom. The van der Waals surface area contributed by atoms with Crippen LogP contribution in [0, 0.1) is 10.1 Å². The van der Waals surface area contributed by atoms with Gasteiger partial charge in [-0.1, -0.05) is 0 Å². The predicted molar refractivity (Wildman–Crippen MR) is 79.1 cm³/mol. The summed E-state index contributed by atoms with van der Waals surface area (Å²) >= 11 is 0. The highest BCUT2D eigenvalue weighted by atomic mass is 16.6. The van der Waals surface area contributed by atoms with E-state index in [1.165, 1.54) is 12.3 Å². The zero-order chi connectivity index (χ0) is 15.6. The Balaban J connectivity index is 2.17. The van der Waals surface area contributed by atoms with Crippen LogP contribution in [0.15, 0.2) is 12.3 Å². The van der Waals surface area contributed by atoms with Gasteiger partial charge in [0.25, 0.3) is 11.6 Å². The van der Waals surface area contributed by atoms with Gasteiger partial charge in [-0.3, -0.25) is 14.9 Å². The summed E-state index contributed by atoms with van der Waals surface area (Å²) in [6, 6.07) is 1.75. The second-order valence-electron chi connectivity index (χ2n) is 5.61. The molecule has 1 aliphatic rings. The van der Waals surface area contributed by atoms with Crippen molar-refractivity contribution < 1.29 is 9.72 Å². The predicted octanol–water partition coefficient (Wildman–Crippen LogP) is 1.76. The molecular formula is C14H22N4O3. The average molecular weight is 294 g/mol. The van der Waals surface area contributed by atoms with Crippen molar-refractivity contribution in [1.29, 1.82) is 0 Å². The lowest BCUT2D eigenvalue weighted by molar-refractivity contribution is -0.384. The molecule has 0 spiro atoms. The maximum absolute atomic E-state index is 12.6. The van der Waals surface area contributed by atoms with E-state index in [9.17, 15) is 14.9 Å². The average Bonchev–Trinajstić information content (AvgIpc) is 2.91. The van der Waals surface area contributed by atoms with Gasteiger partial charge in [-0.15, -0.1) is 0 Å². The first-order valence-electron chi connectivity index (χ1n) is 7.31. The molecule has 1 aliphatic carbocycles. The van der Waals surface area contributed by atoms with Crippen molar-refractivity contribution in [2.45, 2.75) is 51.2 Å². The molecule has 0 atom stereocenters. The lowest BCUT2D eigenvalue weighted by atomic mass is 9.91. The van der Waals surface area contributed by atoms with Crippen molar-refractivity contribution in [2.75, 3.05) is 7.05 Å². The third-order valence-corrected chi connectivity index (χ3v) is 4.26. The van der Waals surface area contributed by atoms with Gasteiger partial charge in [-0.25, -0.2) is 0 Å². The topological polar surface area (TPSA) is 94.4 Å². The van der Waals surface area contributed by atoms with Crippen LogP contribution in [0.5, 0.6) is 0 Å². The molecule has 1 saturated carbocycles. The van der Waals surface area contributed by atoms with Crippen molar-refractivity contribution in [3.8, 4) is 0 Å². The van der Waals surface area contributed by atoms with Crippen LogP contribution in [0.2, 0.25) is 0 Å². The number of aromatic nitrogens is 1. The maximum atomic E-state index is 12.6. The molecule has 0 radical (unpaired) electrons. The number of nitrogens with two attached hydrogens (primary N) is 1. The Kier molecular flexibility index (Phi) is 4.62. The van der Waals surface area contributed by atoms with Crippen LogP contribution >= 0.6 is 0 Å². The smallest absolute Gasteiger partial charge is 0.287 e. The van der Waals surface area contributed by atoms with Crippen LogP contribution in [0.3, 0.4) is 0 Å². The summed E-state index contributed by atoms with van der Waals surface area (Å²) in [7, 11) is 1.77. The Morgan fingerprint density at radius 3 is 2.62 bits per heavy atom. The summed E-state index contributed by atoms with van der Waals surface area (Å²) in [5.74, 6) is -0.162. The minimum absolute atomic E-state index is 0.0423. The van der Waals surface area contributed by atoms with Crippen LogP contribution < -0.4 is 5.73 Å². The molecule has 0 unspecified atom stereocenters. The molecule has 7 nitrogen and oxygen atoms in total. The van der Waals surface area contributed by atoms with Gasteiger partial charge in [0.1, 0.15) is 5.69 Å². The van der Waals surface area contributed by atoms with Gasteiger partial charge in [0, 0.05) is 31.7 Å². The van der Waals surface area contributed by atoms with E-state index < -0.39 is 4.92 Å². The molecule has 1 fully saturated rings. The van der Waals surface area contributed by atoms with E-state index >= 15 is 0 Å². The Hall–Kier alpha value is -1.89. The number of carbonyl (C=O) groups is 1. The van der Waals surface area contributed by atoms with Gasteiger partial charge in [0.15, 0.2) is 0 Å². The van der Waals surface area contributed by atoms with Gasteiger partial charge in [0.2, 0.25) is 0 Å². The van der Waals surface area contributed by atoms with Gasteiger partial charge >= 0.3 is 0 Å². The number of nitrogens with zero attached hydrogens (tertiary/aromatic N) is 3. The highest BCUT2D eigenvalue weighted by Gasteiger charge is 2.28. The number of rotatable bonds is 4. The number of aryl methyl sites for hydroxylation is 1. The number of hydrogen-bond acceptors (Lipinski definition) is 4. The fourth-order valence-electron chi connectivity index (χ4n) is 2.87. The standard InChI is InChI=1S/C14H22N4O3/c1-3-17-9-12(18(20)21)8-13(17)14(19)16(2)11-6-4-10(15)5-7-11/h8-11H,3-7,15H2,1-2H3. The third kappa shape index (κ3) is 3.24. The fourth-order valence-corrected chi connectivity index (χ4v) is 2.87.